The average Bonchev–Trinajstić information content (AvgIpc) is 2.16. The molecule has 0 saturated heterocycles. The zero-order valence-electron chi connectivity index (χ0n) is 9.52. The number of nitrogens with one attached hydrogen (secondary N) is 1. The first-order chi connectivity index (χ1) is 7.52. The van der Waals surface area contributed by atoms with Crippen molar-refractivity contribution in [3.05, 3.63) is 17.6 Å². The number of aryl methyl sites for hydroxylation is 1. The van der Waals surface area contributed by atoms with E-state index < -0.39 is 12.0 Å². The molecular weight excluding hydrogens is 210 g/mol. The number of carbonyl (C=O) groups is 1. The summed E-state index contributed by atoms with van der Waals surface area (Å²) in [7, 11) is 1.55. The van der Waals surface area contributed by atoms with Crippen LogP contribution in [0.15, 0.2) is 6.07 Å². The van der Waals surface area contributed by atoms with E-state index in [2.05, 4.69) is 15.3 Å². The molecule has 0 aliphatic heterocycles. The zero-order chi connectivity index (χ0) is 12.1. The van der Waals surface area contributed by atoms with Gasteiger partial charge in [-0.05, 0) is 13.8 Å². The van der Waals surface area contributed by atoms with Crippen LogP contribution in [0.1, 0.15) is 18.4 Å². The molecule has 16 heavy (non-hydrogen) atoms. The SMILES string of the molecule is COCc1nc(C)cc(NC(C)C(=O)O)n1. The van der Waals surface area contributed by atoms with Gasteiger partial charge in [0.25, 0.3) is 0 Å². The highest BCUT2D eigenvalue weighted by atomic mass is 16.5. The van der Waals surface area contributed by atoms with Gasteiger partial charge in [-0.15, -0.1) is 0 Å². The number of ether oxygens (including phenoxy) is 1. The summed E-state index contributed by atoms with van der Waals surface area (Å²) in [5, 5.41) is 11.5. The predicted octanol–water partition coefficient (Wildman–Crippen LogP) is 0.816. The van der Waals surface area contributed by atoms with Crippen molar-refractivity contribution in [3.63, 3.8) is 0 Å². The van der Waals surface area contributed by atoms with Gasteiger partial charge in [-0.1, -0.05) is 0 Å². The van der Waals surface area contributed by atoms with Crippen molar-refractivity contribution in [3.8, 4) is 0 Å². The number of anilines is 1. The zero-order valence-corrected chi connectivity index (χ0v) is 9.52. The molecule has 0 spiro atoms. The fourth-order valence-electron chi connectivity index (χ4n) is 1.18. The van der Waals surface area contributed by atoms with Crippen molar-refractivity contribution in [2.24, 2.45) is 0 Å². The second-order valence-corrected chi connectivity index (χ2v) is 3.45. The summed E-state index contributed by atoms with van der Waals surface area (Å²) in [6, 6.07) is 1.00. The summed E-state index contributed by atoms with van der Waals surface area (Å²) in [5.41, 5.74) is 0.766. The van der Waals surface area contributed by atoms with E-state index in [1.165, 1.54) is 0 Å². The molecule has 1 aromatic heterocycles. The molecule has 0 fully saturated rings. The Hall–Kier alpha value is -1.69. The highest BCUT2D eigenvalue weighted by Gasteiger charge is 2.11. The second-order valence-electron chi connectivity index (χ2n) is 3.45. The van der Waals surface area contributed by atoms with Crippen molar-refractivity contribution in [2.75, 3.05) is 12.4 Å². The van der Waals surface area contributed by atoms with Gasteiger partial charge in [0.2, 0.25) is 0 Å². The van der Waals surface area contributed by atoms with Gasteiger partial charge in [-0.25, -0.2) is 9.97 Å². The fraction of sp³-hybridized carbons (Fsp3) is 0.500. The van der Waals surface area contributed by atoms with Crippen molar-refractivity contribution in [1.29, 1.82) is 0 Å². The molecule has 1 atom stereocenters. The molecule has 0 aliphatic rings. The van der Waals surface area contributed by atoms with Crippen LogP contribution in [-0.2, 0) is 16.1 Å². The number of methoxy groups -OCH3 is 1. The maximum atomic E-state index is 10.7. The van der Waals surface area contributed by atoms with Crippen LogP contribution in [0.3, 0.4) is 0 Å². The van der Waals surface area contributed by atoms with Crippen LogP contribution in [0.5, 0.6) is 0 Å². The Balaban J connectivity index is 2.83. The number of aromatic nitrogens is 2. The van der Waals surface area contributed by atoms with Crippen molar-refractivity contribution in [2.45, 2.75) is 26.5 Å². The molecule has 0 bridgehead atoms. The summed E-state index contributed by atoms with van der Waals surface area (Å²) in [4.78, 5) is 19.0. The van der Waals surface area contributed by atoms with Crippen LogP contribution in [0.25, 0.3) is 0 Å². The first-order valence-corrected chi connectivity index (χ1v) is 4.85. The lowest BCUT2D eigenvalue weighted by Crippen LogP contribution is -2.26. The van der Waals surface area contributed by atoms with Crippen molar-refractivity contribution in [1.82, 2.24) is 9.97 Å². The minimum absolute atomic E-state index is 0.303. The Kier molecular flexibility index (Phi) is 4.19. The molecule has 0 amide bonds. The van der Waals surface area contributed by atoms with E-state index in [1.807, 2.05) is 6.92 Å². The second kappa shape index (κ2) is 5.41. The van der Waals surface area contributed by atoms with Crippen LogP contribution in [0.2, 0.25) is 0 Å². The van der Waals surface area contributed by atoms with Gasteiger partial charge in [-0.3, -0.25) is 4.79 Å². The first-order valence-electron chi connectivity index (χ1n) is 4.85. The number of carboxylic acid groups (broad SMARTS) is 1. The maximum Gasteiger partial charge on any atom is 0.325 e. The number of nitrogens with zero attached hydrogens (tertiary/aromatic N) is 2. The Bertz CT molecular complexity index is 382. The highest BCUT2D eigenvalue weighted by Crippen LogP contribution is 2.08. The molecule has 88 valence electrons. The minimum Gasteiger partial charge on any atom is -0.480 e. The van der Waals surface area contributed by atoms with E-state index in [0.717, 1.165) is 5.69 Å². The van der Waals surface area contributed by atoms with Gasteiger partial charge in [0.15, 0.2) is 5.82 Å². The molecule has 0 radical (unpaired) electrons. The standard InChI is InChI=1S/C10H15N3O3/c1-6-4-8(12-7(2)10(14)15)13-9(11-6)5-16-3/h4,7H,5H2,1-3H3,(H,14,15)(H,11,12,13). The topological polar surface area (TPSA) is 84.3 Å². The maximum absolute atomic E-state index is 10.7. The van der Waals surface area contributed by atoms with Gasteiger partial charge in [-0.2, -0.15) is 0 Å². The molecule has 0 aromatic carbocycles. The van der Waals surface area contributed by atoms with E-state index in [1.54, 1.807) is 20.1 Å². The minimum atomic E-state index is -0.926. The highest BCUT2D eigenvalue weighted by molar-refractivity contribution is 5.76. The normalized spacial score (nSPS) is 12.2. The molecule has 1 rings (SSSR count). The van der Waals surface area contributed by atoms with Crippen molar-refractivity contribution >= 4 is 11.8 Å². The lowest BCUT2D eigenvalue weighted by atomic mass is 10.3. The Morgan fingerprint density at radius 1 is 1.62 bits per heavy atom. The average molecular weight is 225 g/mol. The number of rotatable bonds is 5. The number of hydrogen-bond donors (Lipinski definition) is 2. The van der Waals surface area contributed by atoms with Crippen LogP contribution in [0.4, 0.5) is 5.82 Å². The monoisotopic (exact) mass is 225 g/mol. The van der Waals surface area contributed by atoms with Gasteiger partial charge in [0, 0.05) is 18.9 Å². The molecule has 0 aliphatic carbocycles. The number of hydrogen-bond acceptors (Lipinski definition) is 5. The third-order valence-corrected chi connectivity index (χ3v) is 1.91. The predicted molar refractivity (Wildman–Crippen MR) is 58.2 cm³/mol. The molecule has 0 saturated carbocycles. The Labute approximate surface area is 93.7 Å². The molecular formula is C10H15N3O3. The van der Waals surface area contributed by atoms with E-state index in [-0.39, 0.29) is 0 Å². The molecule has 1 unspecified atom stereocenters. The van der Waals surface area contributed by atoms with Gasteiger partial charge < -0.3 is 15.2 Å². The third kappa shape index (κ3) is 3.47. The number of aliphatic carboxylic acids is 1. The smallest absolute Gasteiger partial charge is 0.325 e. The summed E-state index contributed by atoms with van der Waals surface area (Å²) < 4.78 is 4.92. The summed E-state index contributed by atoms with van der Waals surface area (Å²) in [6.45, 7) is 3.67. The largest absolute Gasteiger partial charge is 0.480 e. The Morgan fingerprint density at radius 3 is 2.88 bits per heavy atom. The van der Waals surface area contributed by atoms with E-state index >= 15 is 0 Å². The first kappa shape index (κ1) is 12.4. The molecule has 1 heterocycles. The summed E-state index contributed by atoms with van der Waals surface area (Å²) >= 11 is 0. The Morgan fingerprint density at radius 2 is 2.31 bits per heavy atom. The van der Waals surface area contributed by atoms with E-state index in [4.69, 9.17) is 9.84 Å². The van der Waals surface area contributed by atoms with Crippen LogP contribution in [-0.4, -0.2) is 34.2 Å². The lowest BCUT2D eigenvalue weighted by molar-refractivity contribution is -0.137. The summed E-state index contributed by atoms with van der Waals surface area (Å²) in [5.74, 6) is 0.0987. The molecule has 1 aromatic rings. The molecule has 6 heteroatoms. The number of carboxylic acids is 1. The van der Waals surface area contributed by atoms with Gasteiger partial charge in [0.1, 0.15) is 18.5 Å². The molecule has 2 N–H and O–H groups in total. The van der Waals surface area contributed by atoms with Gasteiger partial charge in [0.05, 0.1) is 0 Å². The van der Waals surface area contributed by atoms with Gasteiger partial charge >= 0.3 is 5.97 Å². The molecule has 6 nitrogen and oxygen atoms in total. The van der Waals surface area contributed by atoms with Crippen LogP contribution in [0, 0.1) is 6.92 Å². The quantitative estimate of drug-likeness (QED) is 0.771. The fourth-order valence-corrected chi connectivity index (χ4v) is 1.18. The summed E-state index contributed by atoms with van der Waals surface area (Å²) in [6.07, 6.45) is 0. The van der Waals surface area contributed by atoms with Crippen LogP contribution >= 0.6 is 0 Å². The van der Waals surface area contributed by atoms with E-state index in [0.29, 0.717) is 18.2 Å². The van der Waals surface area contributed by atoms with Crippen molar-refractivity contribution < 1.29 is 14.6 Å². The lowest BCUT2D eigenvalue weighted by Gasteiger charge is -2.11. The van der Waals surface area contributed by atoms with E-state index in [9.17, 15) is 4.79 Å². The third-order valence-electron chi connectivity index (χ3n) is 1.91. The van der Waals surface area contributed by atoms with Crippen LogP contribution < -0.4 is 5.32 Å².